The van der Waals surface area contributed by atoms with Gasteiger partial charge in [-0.3, -0.25) is 0 Å². The first-order valence-electron chi connectivity index (χ1n) is 22.8. The minimum Gasteiger partial charge on any atom is -0.212 e. The molecule has 0 N–H and O–H groups in total. The fourth-order valence-electron chi connectivity index (χ4n) is 9.64. The molecule has 1 atom stereocenters. The predicted octanol–water partition coefficient (Wildman–Crippen LogP) is 14.7. The highest BCUT2D eigenvalue weighted by Crippen LogP contribution is 2.51. The number of nitrogens with zero attached hydrogens (tertiary/aromatic N) is 6. The highest BCUT2D eigenvalue weighted by molar-refractivity contribution is 5.88. The third kappa shape index (κ3) is 7.60. The van der Waals surface area contributed by atoms with Gasteiger partial charge < -0.3 is 0 Å². The Kier molecular flexibility index (Phi) is 10.3. The van der Waals surface area contributed by atoms with Crippen LogP contribution in [0.25, 0.3) is 90.3 Å². The molecule has 9 aromatic rings. The molecule has 0 spiro atoms. The normalized spacial score (nSPS) is 14.5. The molecule has 0 bridgehead atoms. The lowest BCUT2D eigenvalue weighted by Crippen LogP contribution is -2.14. The second kappa shape index (κ2) is 16.6. The van der Waals surface area contributed by atoms with Gasteiger partial charge in [-0.2, -0.15) is 0 Å². The molecule has 2 heterocycles. The van der Waals surface area contributed by atoms with E-state index in [1.807, 2.05) is 54.6 Å². The number of benzene rings is 7. The van der Waals surface area contributed by atoms with Gasteiger partial charge in [0.15, 0.2) is 29.1 Å². The van der Waals surface area contributed by atoms with E-state index in [4.69, 9.17) is 29.9 Å². The summed E-state index contributed by atoms with van der Waals surface area (Å²) in [6.07, 6.45) is 8.17. The van der Waals surface area contributed by atoms with Crippen LogP contribution in [-0.2, 0) is 5.41 Å². The number of rotatable bonds is 8. The predicted molar refractivity (Wildman–Crippen MR) is 273 cm³/mol. The number of allylic oxidation sites excluding steroid dienone is 5. The minimum absolute atomic E-state index is 0.136. The van der Waals surface area contributed by atoms with Crippen LogP contribution in [0.15, 0.2) is 194 Å². The maximum absolute atomic E-state index is 5.10. The lowest BCUT2D eigenvalue weighted by Gasteiger charge is -2.21. The standard InChI is InChI=1S/C61H48N6/c1-37-17-7-11-25-47(37)57-62-55(63-58(66-57)48-26-12-8-18-38(48)2)45-23-15-21-41(33-45)43-29-31-53-51(35-43)52-36-44(30-32-54(52)61(53,5)6)42-22-16-24-46(34-42)56-64-59(49-27-13-9-19-39(49)3)67-60(65-56)50-28-14-10-20-40(50)4/h7-36,47H,1H2,2-6H3. The summed E-state index contributed by atoms with van der Waals surface area (Å²) in [5.41, 5.74) is 18.5. The Bertz CT molecular complexity index is 3460. The van der Waals surface area contributed by atoms with Crippen LogP contribution in [0.5, 0.6) is 0 Å². The monoisotopic (exact) mass is 864 g/mol. The second-order valence-corrected chi connectivity index (χ2v) is 18.2. The first kappa shape index (κ1) is 41.5. The molecule has 2 aliphatic carbocycles. The van der Waals surface area contributed by atoms with Gasteiger partial charge in [0, 0.05) is 33.2 Å². The van der Waals surface area contributed by atoms with Gasteiger partial charge in [0.25, 0.3) is 0 Å². The van der Waals surface area contributed by atoms with Crippen molar-refractivity contribution in [1.82, 2.24) is 29.9 Å². The highest BCUT2D eigenvalue weighted by Gasteiger charge is 2.36. The van der Waals surface area contributed by atoms with Gasteiger partial charge in [-0.15, -0.1) is 0 Å². The largest absolute Gasteiger partial charge is 0.212 e. The molecule has 0 radical (unpaired) electrons. The summed E-state index contributed by atoms with van der Waals surface area (Å²) in [7, 11) is 0. The van der Waals surface area contributed by atoms with Gasteiger partial charge in [-0.25, -0.2) is 29.9 Å². The van der Waals surface area contributed by atoms with Gasteiger partial charge in [0.2, 0.25) is 0 Å². The van der Waals surface area contributed by atoms with Crippen molar-refractivity contribution >= 4 is 0 Å². The smallest absolute Gasteiger partial charge is 0.164 e. The average molecular weight is 865 g/mol. The Morgan fingerprint density at radius 1 is 0.388 bits per heavy atom. The molecule has 2 aliphatic rings. The van der Waals surface area contributed by atoms with E-state index in [0.717, 1.165) is 72.3 Å². The van der Waals surface area contributed by atoms with E-state index in [2.05, 4.69) is 169 Å². The maximum atomic E-state index is 5.10. The van der Waals surface area contributed by atoms with E-state index >= 15 is 0 Å². The summed E-state index contributed by atoms with van der Waals surface area (Å²) in [6.45, 7) is 15.3. The minimum atomic E-state index is -0.172. The van der Waals surface area contributed by atoms with Crippen LogP contribution >= 0.6 is 0 Å². The van der Waals surface area contributed by atoms with Gasteiger partial charge in [0.1, 0.15) is 5.82 Å². The quantitative estimate of drug-likeness (QED) is 0.151. The zero-order chi connectivity index (χ0) is 45.8. The maximum Gasteiger partial charge on any atom is 0.164 e. The van der Waals surface area contributed by atoms with Crippen LogP contribution in [0, 0.1) is 20.8 Å². The van der Waals surface area contributed by atoms with Crippen LogP contribution < -0.4 is 0 Å². The molecule has 1 unspecified atom stereocenters. The van der Waals surface area contributed by atoms with E-state index in [1.54, 1.807) is 0 Å². The zero-order valence-electron chi connectivity index (χ0n) is 38.3. The second-order valence-electron chi connectivity index (χ2n) is 18.2. The van der Waals surface area contributed by atoms with Gasteiger partial charge in [-0.05, 0) is 112 Å². The third-order valence-electron chi connectivity index (χ3n) is 13.4. The van der Waals surface area contributed by atoms with Gasteiger partial charge in [0.05, 0.1) is 5.92 Å². The number of hydrogen-bond donors (Lipinski definition) is 0. The summed E-state index contributed by atoms with van der Waals surface area (Å²) in [5, 5.41) is 0. The molecule has 0 saturated carbocycles. The van der Waals surface area contributed by atoms with Crippen molar-refractivity contribution in [2.75, 3.05) is 0 Å². The molecule has 67 heavy (non-hydrogen) atoms. The third-order valence-corrected chi connectivity index (χ3v) is 13.4. The molecule has 6 nitrogen and oxygen atoms in total. The van der Waals surface area contributed by atoms with Gasteiger partial charge >= 0.3 is 0 Å². The molecular formula is C61H48N6. The van der Waals surface area contributed by atoms with Gasteiger partial charge in [-0.1, -0.05) is 178 Å². The van der Waals surface area contributed by atoms with Crippen molar-refractivity contribution < 1.29 is 0 Å². The lowest BCUT2D eigenvalue weighted by atomic mass is 9.82. The van der Waals surface area contributed by atoms with Crippen molar-refractivity contribution in [2.24, 2.45) is 0 Å². The molecule has 7 aromatic carbocycles. The molecule has 0 fully saturated rings. The van der Waals surface area contributed by atoms with Crippen molar-refractivity contribution in [2.45, 2.75) is 46.0 Å². The van der Waals surface area contributed by atoms with E-state index in [-0.39, 0.29) is 11.3 Å². The summed E-state index contributed by atoms with van der Waals surface area (Å²) >= 11 is 0. The Morgan fingerprint density at radius 3 is 1.27 bits per heavy atom. The van der Waals surface area contributed by atoms with Crippen molar-refractivity contribution in [3.63, 3.8) is 0 Å². The molecular weight excluding hydrogens is 817 g/mol. The van der Waals surface area contributed by atoms with E-state index in [9.17, 15) is 0 Å². The van der Waals surface area contributed by atoms with Crippen LogP contribution in [-0.4, -0.2) is 29.9 Å². The Balaban J connectivity index is 0.970. The number of fused-ring (bicyclic) bond motifs is 3. The zero-order valence-corrected chi connectivity index (χ0v) is 38.3. The molecule has 322 valence electrons. The molecule has 0 amide bonds. The fourth-order valence-corrected chi connectivity index (χ4v) is 9.64. The molecule has 6 heteroatoms. The van der Waals surface area contributed by atoms with E-state index in [1.165, 1.54) is 22.3 Å². The van der Waals surface area contributed by atoms with Crippen LogP contribution in [0.2, 0.25) is 0 Å². The summed E-state index contributed by atoms with van der Waals surface area (Å²) in [6, 6.07) is 55.7. The van der Waals surface area contributed by atoms with E-state index < -0.39 is 0 Å². The van der Waals surface area contributed by atoms with Crippen molar-refractivity contribution in [1.29, 1.82) is 0 Å². The van der Waals surface area contributed by atoms with E-state index in [0.29, 0.717) is 34.9 Å². The molecule has 0 aliphatic heterocycles. The molecule has 0 saturated heterocycles. The first-order chi connectivity index (χ1) is 32.6. The highest BCUT2D eigenvalue weighted by atomic mass is 15.0. The van der Waals surface area contributed by atoms with Crippen molar-refractivity contribution in [3.05, 3.63) is 228 Å². The summed E-state index contributed by atoms with van der Waals surface area (Å²) in [4.78, 5) is 30.5. The van der Waals surface area contributed by atoms with Crippen molar-refractivity contribution in [3.8, 4) is 90.3 Å². The number of aromatic nitrogens is 6. The average Bonchev–Trinajstić information content (AvgIpc) is 3.58. The summed E-state index contributed by atoms with van der Waals surface area (Å²) in [5.74, 6) is 3.80. The first-order valence-corrected chi connectivity index (χ1v) is 22.8. The SMILES string of the molecule is C=C1C=CC=CC1c1nc(-c2cccc(-c3ccc4c(c3)-c3cc(-c5cccc(-c6nc(-c7ccccc7C)nc(-c7ccccc7C)n6)c5)ccc3C4(C)C)c2)nc(-c2ccccc2C)n1. The number of aryl methyl sites for hydroxylation is 3. The summed E-state index contributed by atoms with van der Waals surface area (Å²) < 4.78 is 0. The Morgan fingerprint density at radius 2 is 0.791 bits per heavy atom. The van der Waals surface area contributed by atoms with Crippen LogP contribution in [0.1, 0.15) is 53.4 Å². The Hall–Kier alpha value is -8.22. The topological polar surface area (TPSA) is 77.3 Å². The lowest BCUT2D eigenvalue weighted by molar-refractivity contribution is 0.660. The Labute approximate surface area is 392 Å². The van der Waals surface area contributed by atoms with Crippen LogP contribution in [0.4, 0.5) is 0 Å². The number of hydrogen-bond acceptors (Lipinski definition) is 6. The molecule has 2 aromatic heterocycles. The molecule has 11 rings (SSSR count). The fraction of sp³-hybridized carbons (Fsp3) is 0.115. The van der Waals surface area contributed by atoms with Crippen LogP contribution in [0.3, 0.4) is 0 Å².